The van der Waals surface area contributed by atoms with Crippen molar-refractivity contribution in [2.24, 2.45) is 0 Å². The molecule has 0 spiro atoms. The van der Waals surface area contributed by atoms with Crippen molar-refractivity contribution in [3.8, 4) is 0 Å². The van der Waals surface area contributed by atoms with Crippen LogP contribution in [-0.4, -0.2) is 6.04 Å². The van der Waals surface area contributed by atoms with Crippen LogP contribution in [0, 0.1) is 0 Å². The van der Waals surface area contributed by atoms with Crippen LogP contribution in [0.2, 0.25) is 0 Å². The SMILES string of the molecule is Brc1ccc2oc(CNC3CC3)c(C3CC3)c2c1. The van der Waals surface area contributed by atoms with Gasteiger partial charge in [0.15, 0.2) is 0 Å². The van der Waals surface area contributed by atoms with Gasteiger partial charge in [0.1, 0.15) is 11.3 Å². The monoisotopic (exact) mass is 305 g/mol. The minimum Gasteiger partial charge on any atom is -0.459 e. The van der Waals surface area contributed by atoms with E-state index in [9.17, 15) is 0 Å². The van der Waals surface area contributed by atoms with Gasteiger partial charge in [-0.1, -0.05) is 15.9 Å². The van der Waals surface area contributed by atoms with E-state index in [1.54, 1.807) is 0 Å². The summed E-state index contributed by atoms with van der Waals surface area (Å²) in [5, 5.41) is 4.87. The highest BCUT2D eigenvalue weighted by molar-refractivity contribution is 9.10. The normalized spacial score (nSPS) is 19.6. The van der Waals surface area contributed by atoms with Gasteiger partial charge in [0.2, 0.25) is 0 Å². The topological polar surface area (TPSA) is 25.2 Å². The first-order valence-corrected chi connectivity index (χ1v) is 7.55. The van der Waals surface area contributed by atoms with Crippen LogP contribution in [0.3, 0.4) is 0 Å². The summed E-state index contributed by atoms with van der Waals surface area (Å²) in [5.74, 6) is 1.90. The fourth-order valence-electron chi connectivity index (χ4n) is 2.61. The second-order valence-corrected chi connectivity index (χ2v) is 6.42. The number of halogens is 1. The van der Waals surface area contributed by atoms with E-state index in [4.69, 9.17) is 4.42 Å². The van der Waals surface area contributed by atoms with Crippen LogP contribution in [0.5, 0.6) is 0 Å². The number of fused-ring (bicyclic) bond motifs is 1. The molecule has 1 aromatic heterocycles. The van der Waals surface area contributed by atoms with E-state index in [1.807, 2.05) is 0 Å². The van der Waals surface area contributed by atoms with Gasteiger partial charge >= 0.3 is 0 Å². The maximum Gasteiger partial charge on any atom is 0.134 e. The Kier molecular flexibility index (Phi) is 2.52. The molecule has 1 aromatic carbocycles. The molecule has 0 bridgehead atoms. The molecule has 0 radical (unpaired) electrons. The first-order valence-electron chi connectivity index (χ1n) is 6.75. The summed E-state index contributed by atoms with van der Waals surface area (Å²) < 4.78 is 7.19. The lowest BCUT2D eigenvalue weighted by Crippen LogP contribution is -2.15. The Balaban J connectivity index is 1.76. The van der Waals surface area contributed by atoms with Crippen LogP contribution in [0.25, 0.3) is 11.0 Å². The quantitative estimate of drug-likeness (QED) is 0.910. The number of benzene rings is 1. The van der Waals surface area contributed by atoms with Gasteiger partial charge in [-0.3, -0.25) is 0 Å². The van der Waals surface area contributed by atoms with Crippen molar-refractivity contribution in [3.63, 3.8) is 0 Å². The van der Waals surface area contributed by atoms with E-state index in [2.05, 4.69) is 39.4 Å². The Morgan fingerprint density at radius 1 is 1.22 bits per heavy atom. The first kappa shape index (κ1) is 11.1. The maximum atomic E-state index is 6.05. The predicted octanol–water partition coefficient (Wildman–Crippen LogP) is 4.32. The summed E-state index contributed by atoms with van der Waals surface area (Å²) in [6.45, 7) is 0.892. The lowest BCUT2D eigenvalue weighted by atomic mass is 10.1. The Labute approximate surface area is 115 Å². The summed E-state index contributed by atoms with van der Waals surface area (Å²) in [5.41, 5.74) is 2.49. The average Bonchev–Trinajstić information content (AvgIpc) is 3.25. The summed E-state index contributed by atoms with van der Waals surface area (Å²) in [4.78, 5) is 0. The van der Waals surface area contributed by atoms with Gasteiger partial charge < -0.3 is 9.73 Å². The number of furan rings is 1. The molecule has 1 N–H and O–H groups in total. The molecule has 18 heavy (non-hydrogen) atoms. The molecule has 2 saturated carbocycles. The second-order valence-electron chi connectivity index (χ2n) is 5.51. The van der Waals surface area contributed by atoms with Crippen molar-refractivity contribution in [2.45, 2.75) is 44.2 Å². The Hall–Kier alpha value is -0.800. The highest BCUT2D eigenvalue weighted by Crippen LogP contribution is 2.46. The molecule has 0 amide bonds. The van der Waals surface area contributed by atoms with Crippen molar-refractivity contribution in [2.75, 3.05) is 0 Å². The fraction of sp³-hybridized carbons (Fsp3) is 0.467. The van der Waals surface area contributed by atoms with Crippen LogP contribution < -0.4 is 5.32 Å². The summed E-state index contributed by atoms with van der Waals surface area (Å²) in [7, 11) is 0. The van der Waals surface area contributed by atoms with E-state index >= 15 is 0 Å². The summed E-state index contributed by atoms with van der Waals surface area (Å²) in [6.07, 6.45) is 5.28. The van der Waals surface area contributed by atoms with Gasteiger partial charge in [0.25, 0.3) is 0 Å². The number of hydrogen-bond acceptors (Lipinski definition) is 2. The lowest BCUT2D eigenvalue weighted by Gasteiger charge is -2.02. The second kappa shape index (κ2) is 4.10. The van der Waals surface area contributed by atoms with Crippen molar-refractivity contribution < 1.29 is 4.42 Å². The predicted molar refractivity (Wildman–Crippen MR) is 75.8 cm³/mol. The standard InChI is InChI=1S/C15H16BrNO/c16-10-3-6-13-12(7-10)15(9-1-2-9)14(18-13)8-17-11-4-5-11/h3,6-7,9,11,17H,1-2,4-5,8H2. The average molecular weight is 306 g/mol. The zero-order chi connectivity index (χ0) is 12.1. The van der Waals surface area contributed by atoms with E-state index in [-0.39, 0.29) is 0 Å². The van der Waals surface area contributed by atoms with Crippen LogP contribution in [0.15, 0.2) is 27.1 Å². The molecule has 2 aliphatic carbocycles. The summed E-state index contributed by atoms with van der Waals surface area (Å²) in [6, 6.07) is 7.07. The Morgan fingerprint density at radius 2 is 2.06 bits per heavy atom. The molecule has 94 valence electrons. The molecular weight excluding hydrogens is 290 g/mol. The highest BCUT2D eigenvalue weighted by atomic mass is 79.9. The van der Waals surface area contributed by atoms with Gasteiger partial charge in [-0.25, -0.2) is 0 Å². The Morgan fingerprint density at radius 3 is 2.78 bits per heavy atom. The van der Waals surface area contributed by atoms with Crippen LogP contribution >= 0.6 is 15.9 Å². The molecule has 0 atom stereocenters. The lowest BCUT2D eigenvalue weighted by molar-refractivity contribution is 0.506. The third kappa shape index (κ3) is 1.99. The molecule has 0 aliphatic heterocycles. The highest BCUT2D eigenvalue weighted by Gasteiger charge is 2.31. The smallest absolute Gasteiger partial charge is 0.134 e. The molecule has 1 heterocycles. The zero-order valence-corrected chi connectivity index (χ0v) is 11.8. The van der Waals surface area contributed by atoms with E-state index in [1.165, 1.54) is 36.6 Å². The largest absolute Gasteiger partial charge is 0.459 e. The molecule has 4 rings (SSSR count). The third-order valence-corrected chi connectivity index (χ3v) is 4.37. The van der Waals surface area contributed by atoms with Gasteiger partial charge in [0, 0.05) is 21.5 Å². The number of rotatable bonds is 4. The summed E-state index contributed by atoms with van der Waals surface area (Å²) >= 11 is 3.56. The van der Waals surface area contributed by atoms with E-state index < -0.39 is 0 Å². The van der Waals surface area contributed by atoms with Crippen molar-refractivity contribution >= 4 is 26.9 Å². The number of hydrogen-bond donors (Lipinski definition) is 1. The molecule has 3 heteroatoms. The molecule has 0 saturated heterocycles. The zero-order valence-electron chi connectivity index (χ0n) is 10.2. The molecule has 0 unspecified atom stereocenters. The fourth-order valence-corrected chi connectivity index (χ4v) is 2.98. The van der Waals surface area contributed by atoms with Crippen molar-refractivity contribution in [3.05, 3.63) is 34.0 Å². The molecule has 2 aliphatic rings. The van der Waals surface area contributed by atoms with E-state index in [0.29, 0.717) is 0 Å². The minimum atomic E-state index is 0.733. The third-order valence-electron chi connectivity index (χ3n) is 3.88. The maximum absolute atomic E-state index is 6.05. The van der Waals surface area contributed by atoms with Crippen molar-refractivity contribution in [1.29, 1.82) is 0 Å². The van der Waals surface area contributed by atoms with Crippen LogP contribution in [-0.2, 0) is 6.54 Å². The van der Waals surface area contributed by atoms with Gasteiger partial charge in [-0.15, -0.1) is 0 Å². The Bertz CT molecular complexity index is 596. The molecule has 2 aromatic rings. The van der Waals surface area contributed by atoms with E-state index in [0.717, 1.165) is 34.3 Å². The van der Waals surface area contributed by atoms with Crippen LogP contribution in [0.1, 0.15) is 42.9 Å². The molecular formula is C15H16BrNO. The first-order chi connectivity index (χ1) is 8.81. The van der Waals surface area contributed by atoms with Gasteiger partial charge in [-0.05, 0) is 49.8 Å². The number of nitrogens with one attached hydrogen (secondary N) is 1. The van der Waals surface area contributed by atoms with Crippen LogP contribution in [0.4, 0.5) is 0 Å². The van der Waals surface area contributed by atoms with Gasteiger partial charge in [-0.2, -0.15) is 0 Å². The minimum absolute atomic E-state index is 0.733. The molecule has 2 fully saturated rings. The van der Waals surface area contributed by atoms with Crippen molar-refractivity contribution in [1.82, 2.24) is 5.32 Å². The van der Waals surface area contributed by atoms with Gasteiger partial charge in [0.05, 0.1) is 6.54 Å². The molecule has 2 nitrogen and oxygen atoms in total.